The number of hydrogen-bond donors (Lipinski definition) is 1. The highest BCUT2D eigenvalue weighted by atomic mass is 15.2. The highest BCUT2D eigenvalue weighted by Crippen LogP contribution is 2.41. The Labute approximate surface area is 103 Å². The highest BCUT2D eigenvalue weighted by molar-refractivity contribution is 5.15. The number of likely N-dealkylation sites (tertiary alicyclic amines) is 1. The number of aromatic amines is 1. The molecule has 17 heavy (non-hydrogen) atoms. The topological polar surface area (TPSA) is 31.9 Å². The van der Waals surface area contributed by atoms with Crippen LogP contribution in [0.5, 0.6) is 0 Å². The fourth-order valence-electron chi connectivity index (χ4n) is 3.60. The van der Waals surface area contributed by atoms with Crippen LogP contribution in [-0.4, -0.2) is 28.2 Å². The van der Waals surface area contributed by atoms with Gasteiger partial charge in [-0.25, -0.2) is 0 Å². The standard InChI is InChI=1S/C14H21N3/c1-2-10(3-1)14-6-13(15-16-14)9-17-7-11-4-5-12(11)8-17/h6,10-12H,1-5,7-9H2,(H,15,16)/t11-,12+. The Hall–Kier alpha value is -0.830. The van der Waals surface area contributed by atoms with Gasteiger partial charge in [0.25, 0.3) is 0 Å². The van der Waals surface area contributed by atoms with Crippen LogP contribution in [0.1, 0.15) is 49.4 Å². The molecule has 0 unspecified atom stereocenters. The molecular formula is C14H21N3. The van der Waals surface area contributed by atoms with Crippen molar-refractivity contribution >= 4 is 0 Å². The molecule has 3 nitrogen and oxygen atoms in total. The average molecular weight is 231 g/mol. The summed E-state index contributed by atoms with van der Waals surface area (Å²) < 4.78 is 0. The van der Waals surface area contributed by atoms with Crippen molar-refractivity contribution in [3.63, 3.8) is 0 Å². The van der Waals surface area contributed by atoms with Crippen molar-refractivity contribution < 1.29 is 0 Å². The highest BCUT2D eigenvalue weighted by Gasteiger charge is 2.39. The maximum atomic E-state index is 4.48. The van der Waals surface area contributed by atoms with Crippen molar-refractivity contribution in [2.45, 2.75) is 44.6 Å². The quantitative estimate of drug-likeness (QED) is 0.867. The summed E-state index contributed by atoms with van der Waals surface area (Å²) in [4.78, 5) is 2.61. The third-order valence-electron chi connectivity index (χ3n) is 5.13. The van der Waals surface area contributed by atoms with Crippen LogP contribution in [0.25, 0.3) is 0 Å². The van der Waals surface area contributed by atoms with E-state index < -0.39 is 0 Å². The van der Waals surface area contributed by atoms with Gasteiger partial charge in [0.1, 0.15) is 0 Å². The van der Waals surface area contributed by atoms with E-state index in [0.717, 1.165) is 24.3 Å². The number of rotatable bonds is 3. The predicted octanol–water partition coefficient (Wildman–Crippen LogP) is 2.52. The first-order valence-electron chi connectivity index (χ1n) is 7.15. The minimum atomic E-state index is 0.759. The van der Waals surface area contributed by atoms with E-state index in [2.05, 4.69) is 21.2 Å². The number of hydrogen-bond acceptors (Lipinski definition) is 2. The lowest BCUT2D eigenvalue weighted by Crippen LogP contribution is -2.22. The molecule has 3 fully saturated rings. The molecule has 4 rings (SSSR count). The summed E-state index contributed by atoms with van der Waals surface area (Å²) >= 11 is 0. The first kappa shape index (κ1) is 10.1. The van der Waals surface area contributed by atoms with Gasteiger partial charge in [0.15, 0.2) is 0 Å². The number of nitrogens with one attached hydrogen (secondary N) is 1. The van der Waals surface area contributed by atoms with Gasteiger partial charge in [-0.2, -0.15) is 5.10 Å². The van der Waals surface area contributed by atoms with Gasteiger partial charge in [-0.3, -0.25) is 10.00 Å². The largest absolute Gasteiger partial charge is 0.297 e. The molecule has 0 radical (unpaired) electrons. The SMILES string of the molecule is c1c(C2CCC2)n[nH]c1CN1C[C@H]2CC[C@H]2C1. The molecule has 2 saturated carbocycles. The second-order valence-electron chi connectivity index (χ2n) is 6.24. The molecule has 92 valence electrons. The number of aromatic nitrogens is 2. The summed E-state index contributed by atoms with van der Waals surface area (Å²) in [5, 5.41) is 7.72. The monoisotopic (exact) mass is 231 g/mol. The minimum absolute atomic E-state index is 0.759. The van der Waals surface area contributed by atoms with Crippen LogP contribution in [0.3, 0.4) is 0 Å². The van der Waals surface area contributed by atoms with Crippen LogP contribution >= 0.6 is 0 Å². The predicted molar refractivity (Wildman–Crippen MR) is 66.7 cm³/mol. The molecule has 2 aliphatic carbocycles. The van der Waals surface area contributed by atoms with Gasteiger partial charge in [0, 0.05) is 31.2 Å². The zero-order valence-electron chi connectivity index (χ0n) is 10.4. The molecule has 0 spiro atoms. The first-order chi connectivity index (χ1) is 8.38. The summed E-state index contributed by atoms with van der Waals surface area (Å²) in [6, 6.07) is 2.31. The molecule has 0 aromatic carbocycles. The summed E-state index contributed by atoms with van der Waals surface area (Å²) in [5.74, 6) is 2.79. The summed E-state index contributed by atoms with van der Waals surface area (Å²) in [7, 11) is 0. The van der Waals surface area contributed by atoms with Crippen molar-refractivity contribution in [3.8, 4) is 0 Å². The van der Waals surface area contributed by atoms with Crippen molar-refractivity contribution in [3.05, 3.63) is 17.5 Å². The van der Waals surface area contributed by atoms with Crippen molar-refractivity contribution in [1.29, 1.82) is 0 Å². The molecule has 2 heterocycles. The molecule has 1 aliphatic heterocycles. The molecule has 1 aromatic rings. The Kier molecular flexibility index (Phi) is 2.29. The van der Waals surface area contributed by atoms with Gasteiger partial charge in [-0.1, -0.05) is 6.42 Å². The zero-order valence-corrected chi connectivity index (χ0v) is 10.4. The van der Waals surface area contributed by atoms with Gasteiger partial charge >= 0.3 is 0 Å². The Morgan fingerprint density at radius 2 is 1.94 bits per heavy atom. The van der Waals surface area contributed by atoms with E-state index in [1.54, 1.807) is 0 Å². The normalized spacial score (nSPS) is 33.2. The third kappa shape index (κ3) is 1.71. The van der Waals surface area contributed by atoms with E-state index >= 15 is 0 Å². The lowest BCUT2D eigenvalue weighted by molar-refractivity contribution is 0.243. The fraction of sp³-hybridized carbons (Fsp3) is 0.786. The van der Waals surface area contributed by atoms with Gasteiger partial charge < -0.3 is 0 Å². The Morgan fingerprint density at radius 3 is 2.53 bits per heavy atom. The maximum Gasteiger partial charge on any atom is 0.0656 e. The lowest BCUT2D eigenvalue weighted by Gasteiger charge is -2.28. The van der Waals surface area contributed by atoms with E-state index in [1.165, 1.54) is 56.6 Å². The molecule has 0 bridgehead atoms. The van der Waals surface area contributed by atoms with Crippen LogP contribution < -0.4 is 0 Å². The number of H-pyrrole nitrogens is 1. The van der Waals surface area contributed by atoms with E-state index in [1.807, 2.05) is 0 Å². The summed E-state index contributed by atoms with van der Waals surface area (Å²) in [5.41, 5.74) is 2.64. The second kappa shape index (κ2) is 3.84. The van der Waals surface area contributed by atoms with E-state index in [-0.39, 0.29) is 0 Å². The van der Waals surface area contributed by atoms with Gasteiger partial charge in [0.05, 0.1) is 5.69 Å². The molecule has 1 aromatic heterocycles. The molecule has 3 heteroatoms. The van der Waals surface area contributed by atoms with E-state index in [0.29, 0.717) is 0 Å². The van der Waals surface area contributed by atoms with Gasteiger partial charge in [-0.05, 0) is 43.6 Å². The molecular weight excluding hydrogens is 210 g/mol. The van der Waals surface area contributed by atoms with Crippen molar-refractivity contribution in [2.75, 3.05) is 13.1 Å². The van der Waals surface area contributed by atoms with Gasteiger partial charge in [-0.15, -0.1) is 0 Å². The molecule has 1 saturated heterocycles. The number of fused-ring (bicyclic) bond motifs is 1. The lowest BCUT2D eigenvalue weighted by atomic mass is 9.77. The van der Waals surface area contributed by atoms with Crippen LogP contribution in [0, 0.1) is 11.8 Å². The maximum absolute atomic E-state index is 4.48. The second-order valence-corrected chi connectivity index (χ2v) is 6.24. The zero-order chi connectivity index (χ0) is 11.2. The fourth-order valence-corrected chi connectivity index (χ4v) is 3.60. The average Bonchev–Trinajstić information content (AvgIpc) is 2.75. The van der Waals surface area contributed by atoms with Crippen LogP contribution in [0.15, 0.2) is 6.07 Å². The molecule has 0 amide bonds. The Balaban J connectivity index is 1.39. The Morgan fingerprint density at radius 1 is 1.18 bits per heavy atom. The molecule has 3 aliphatic rings. The smallest absolute Gasteiger partial charge is 0.0656 e. The van der Waals surface area contributed by atoms with Crippen LogP contribution in [0.2, 0.25) is 0 Å². The third-order valence-corrected chi connectivity index (χ3v) is 5.13. The van der Waals surface area contributed by atoms with Crippen molar-refractivity contribution in [1.82, 2.24) is 15.1 Å². The summed E-state index contributed by atoms with van der Waals surface area (Å²) in [6.07, 6.45) is 7.02. The van der Waals surface area contributed by atoms with Gasteiger partial charge in [0.2, 0.25) is 0 Å². The van der Waals surface area contributed by atoms with Crippen molar-refractivity contribution in [2.24, 2.45) is 11.8 Å². The first-order valence-corrected chi connectivity index (χ1v) is 7.15. The molecule has 2 atom stereocenters. The van der Waals surface area contributed by atoms with Crippen LogP contribution in [0.4, 0.5) is 0 Å². The van der Waals surface area contributed by atoms with Crippen LogP contribution in [-0.2, 0) is 6.54 Å². The summed E-state index contributed by atoms with van der Waals surface area (Å²) in [6.45, 7) is 3.73. The molecule has 1 N–H and O–H groups in total. The van der Waals surface area contributed by atoms with E-state index in [9.17, 15) is 0 Å². The minimum Gasteiger partial charge on any atom is -0.297 e. The van der Waals surface area contributed by atoms with E-state index in [4.69, 9.17) is 0 Å². The Bertz CT molecular complexity index is 395. The number of nitrogens with zero attached hydrogens (tertiary/aromatic N) is 2.